The second-order valence-corrected chi connectivity index (χ2v) is 6.12. The summed E-state index contributed by atoms with van der Waals surface area (Å²) in [7, 11) is 0. The zero-order chi connectivity index (χ0) is 17.3. The molecule has 4 nitrogen and oxygen atoms in total. The summed E-state index contributed by atoms with van der Waals surface area (Å²) in [5, 5.41) is 9.98. The Balaban J connectivity index is 2.19. The summed E-state index contributed by atoms with van der Waals surface area (Å²) >= 11 is 12.3. The van der Waals surface area contributed by atoms with Crippen LogP contribution in [0.4, 0.5) is 5.69 Å². The largest absolute Gasteiger partial charge is 0.399 e. The fourth-order valence-corrected chi connectivity index (χ4v) is 2.99. The number of hydrogen-bond acceptors (Lipinski definition) is 4. The van der Waals surface area contributed by atoms with Crippen molar-refractivity contribution in [2.24, 2.45) is 0 Å². The molecule has 0 spiro atoms. The van der Waals surface area contributed by atoms with E-state index in [9.17, 15) is 0 Å². The summed E-state index contributed by atoms with van der Waals surface area (Å²) in [4.78, 5) is 8.50. The minimum Gasteiger partial charge on any atom is -0.399 e. The standard InChI is InChI=1S/C18H12Cl2N4/c1-10-15(14-3-2-12(19)4-17(14)20)5-13(22)6-16(10)18-23-8-11(7-21)9-24-18/h2-6,8-9H,22H2,1H3. The van der Waals surface area contributed by atoms with Gasteiger partial charge in [0.05, 0.1) is 5.56 Å². The molecule has 0 amide bonds. The third kappa shape index (κ3) is 3.05. The molecule has 6 heteroatoms. The first-order chi connectivity index (χ1) is 11.5. The molecule has 0 unspecified atom stereocenters. The molecule has 0 atom stereocenters. The number of nitriles is 1. The van der Waals surface area contributed by atoms with Gasteiger partial charge in [-0.05, 0) is 42.3 Å². The van der Waals surface area contributed by atoms with Crippen LogP contribution in [0, 0.1) is 18.3 Å². The van der Waals surface area contributed by atoms with Crippen LogP contribution in [0.2, 0.25) is 10.0 Å². The van der Waals surface area contributed by atoms with Crippen LogP contribution in [0.3, 0.4) is 0 Å². The molecular formula is C18H12Cl2N4. The van der Waals surface area contributed by atoms with Crippen LogP contribution in [0.15, 0.2) is 42.7 Å². The van der Waals surface area contributed by atoms with Crippen molar-refractivity contribution in [3.63, 3.8) is 0 Å². The Kier molecular flexibility index (Phi) is 4.39. The smallest absolute Gasteiger partial charge is 0.159 e. The van der Waals surface area contributed by atoms with E-state index in [4.69, 9.17) is 34.2 Å². The summed E-state index contributed by atoms with van der Waals surface area (Å²) in [6, 6.07) is 11.0. The Hall–Kier alpha value is -2.61. The maximum absolute atomic E-state index is 8.87. The lowest BCUT2D eigenvalue weighted by Gasteiger charge is -2.14. The second-order valence-electron chi connectivity index (χ2n) is 5.27. The molecule has 0 fully saturated rings. The van der Waals surface area contributed by atoms with Crippen LogP contribution in [-0.4, -0.2) is 9.97 Å². The van der Waals surface area contributed by atoms with Crippen molar-refractivity contribution in [1.29, 1.82) is 5.26 Å². The predicted molar refractivity (Wildman–Crippen MR) is 96.8 cm³/mol. The van der Waals surface area contributed by atoms with E-state index in [-0.39, 0.29) is 0 Å². The van der Waals surface area contributed by atoms with Gasteiger partial charge in [0.15, 0.2) is 5.82 Å². The number of nitrogens with zero attached hydrogens (tertiary/aromatic N) is 3. The number of anilines is 1. The van der Waals surface area contributed by atoms with Gasteiger partial charge in [0.1, 0.15) is 6.07 Å². The van der Waals surface area contributed by atoms with Gasteiger partial charge in [-0.3, -0.25) is 0 Å². The third-order valence-corrected chi connectivity index (χ3v) is 4.22. The minimum absolute atomic E-state index is 0.404. The number of halogens is 2. The highest BCUT2D eigenvalue weighted by molar-refractivity contribution is 6.36. The number of hydrogen-bond donors (Lipinski definition) is 1. The summed E-state index contributed by atoms with van der Waals surface area (Å²) < 4.78 is 0. The van der Waals surface area contributed by atoms with Gasteiger partial charge in [-0.2, -0.15) is 5.26 Å². The van der Waals surface area contributed by atoms with Crippen LogP contribution in [-0.2, 0) is 0 Å². The SMILES string of the molecule is Cc1c(-c2ncc(C#N)cn2)cc(N)cc1-c1ccc(Cl)cc1Cl. The molecule has 0 saturated carbocycles. The van der Waals surface area contributed by atoms with Crippen LogP contribution < -0.4 is 5.73 Å². The summed E-state index contributed by atoms with van der Waals surface area (Å²) in [6.07, 6.45) is 2.97. The molecule has 0 aliphatic rings. The van der Waals surface area contributed by atoms with Gasteiger partial charge in [0.2, 0.25) is 0 Å². The minimum atomic E-state index is 0.404. The fourth-order valence-electron chi connectivity index (χ4n) is 2.48. The molecule has 3 aromatic rings. The Morgan fingerprint density at radius 3 is 2.29 bits per heavy atom. The van der Waals surface area contributed by atoms with Crippen LogP contribution in [0.5, 0.6) is 0 Å². The van der Waals surface area contributed by atoms with Gasteiger partial charge in [-0.15, -0.1) is 0 Å². The molecule has 2 N–H and O–H groups in total. The Labute approximate surface area is 149 Å². The number of rotatable bonds is 2. The van der Waals surface area contributed by atoms with Crippen molar-refractivity contribution in [3.8, 4) is 28.6 Å². The molecule has 0 aliphatic carbocycles. The van der Waals surface area contributed by atoms with Gasteiger partial charge in [0.25, 0.3) is 0 Å². The molecule has 1 aromatic heterocycles. The maximum Gasteiger partial charge on any atom is 0.159 e. The highest BCUT2D eigenvalue weighted by Crippen LogP contribution is 2.37. The summed E-state index contributed by atoms with van der Waals surface area (Å²) in [5.74, 6) is 0.505. The molecule has 2 aromatic carbocycles. The topological polar surface area (TPSA) is 75.6 Å². The first kappa shape index (κ1) is 16.3. The Morgan fingerprint density at radius 2 is 1.67 bits per heavy atom. The van der Waals surface area contributed by atoms with E-state index in [2.05, 4.69) is 9.97 Å². The molecule has 118 valence electrons. The van der Waals surface area contributed by atoms with Gasteiger partial charge in [-0.1, -0.05) is 29.3 Å². The van der Waals surface area contributed by atoms with Crippen LogP contribution in [0.25, 0.3) is 22.5 Å². The first-order valence-electron chi connectivity index (χ1n) is 7.07. The predicted octanol–water partition coefficient (Wildman–Crippen LogP) is 4.88. The van der Waals surface area contributed by atoms with Crippen LogP contribution in [0.1, 0.15) is 11.1 Å². The van der Waals surface area contributed by atoms with E-state index in [1.807, 2.05) is 31.2 Å². The molecule has 3 rings (SSSR count). The normalized spacial score (nSPS) is 10.4. The molecule has 24 heavy (non-hydrogen) atoms. The lowest BCUT2D eigenvalue weighted by molar-refractivity contribution is 1.15. The number of nitrogens with two attached hydrogens (primary N) is 1. The number of aromatic nitrogens is 2. The molecule has 0 aliphatic heterocycles. The highest BCUT2D eigenvalue weighted by Gasteiger charge is 2.14. The van der Waals surface area contributed by atoms with E-state index in [1.54, 1.807) is 12.1 Å². The van der Waals surface area contributed by atoms with E-state index >= 15 is 0 Å². The monoisotopic (exact) mass is 354 g/mol. The van der Waals surface area contributed by atoms with Crippen molar-refractivity contribution >= 4 is 28.9 Å². The average Bonchev–Trinajstić information content (AvgIpc) is 2.57. The van der Waals surface area contributed by atoms with Gasteiger partial charge in [0, 0.05) is 39.3 Å². The van der Waals surface area contributed by atoms with Gasteiger partial charge in [-0.25, -0.2) is 9.97 Å². The summed E-state index contributed by atoms with van der Waals surface area (Å²) in [5.41, 5.74) is 10.5. The van der Waals surface area contributed by atoms with Gasteiger partial charge >= 0.3 is 0 Å². The Morgan fingerprint density at radius 1 is 1.00 bits per heavy atom. The fraction of sp³-hybridized carbons (Fsp3) is 0.0556. The van der Waals surface area contributed by atoms with Crippen LogP contribution >= 0.6 is 23.2 Å². The Bertz CT molecular complexity index is 960. The average molecular weight is 355 g/mol. The molecule has 0 saturated heterocycles. The molecular weight excluding hydrogens is 343 g/mol. The maximum atomic E-state index is 8.87. The van der Waals surface area contributed by atoms with E-state index < -0.39 is 0 Å². The van der Waals surface area contributed by atoms with E-state index in [0.29, 0.717) is 27.1 Å². The van der Waals surface area contributed by atoms with E-state index in [0.717, 1.165) is 22.3 Å². The zero-order valence-corrected chi connectivity index (χ0v) is 14.2. The summed E-state index contributed by atoms with van der Waals surface area (Å²) in [6.45, 7) is 1.95. The zero-order valence-electron chi connectivity index (χ0n) is 12.7. The lowest BCUT2D eigenvalue weighted by Crippen LogP contribution is -1.97. The van der Waals surface area contributed by atoms with Crippen molar-refractivity contribution < 1.29 is 0 Å². The van der Waals surface area contributed by atoms with Gasteiger partial charge < -0.3 is 5.73 Å². The quantitative estimate of drug-likeness (QED) is 0.665. The van der Waals surface area contributed by atoms with Crippen molar-refractivity contribution in [2.75, 3.05) is 5.73 Å². The molecule has 1 heterocycles. The third-order valence-electron chi connectivity index (χ3n) is 3.67. The highest BCUT2D eigenvalue weighted by atomic mass is 35.5. The van der Waals surface area contributed by atoms with Crippen molar-refractivity contribution in [3.05, 3.63) is 63.9 Å². The number of nitrogen functional groups attached to an aromatic ring is 1. The molecule has 0 bridgehead atoms. The van der Waals surface area contributed by atoms with E-state index in [1.165, 1.54) is 12.4 Å². The first-order valence-corrected chi connectivity index (χ1v) is 7.83. The second kappa shape index (κ2) is 6.48. The number of benzene rings is 2. The molecule has 0 radical (unpaired) electrons. The lowest BCUT2D eigenvalue weighted by atomic mass is 9.95. The van der Waals surface area contributed by atoms with Crippen molar-refractivity contribution in [2.45, 2.75) is 6.92 Å². The van der Waals surface area contributed by atoms with Crippen molar-refractivity contribution in [1.82, 2.24) is 9.97 Å².